The van der Waals surface area contributed by atoms with Gasteiger partial charge in [-0.3, -0.25) is 0 Å². The van der Waals surface area contributed by atoms with Crippen LogP contribution in [0.25, 0.3) is 11.0 Å². The Kier molecular flexibility index (Phi) is 2.98. The third kappa shape index (κ3) is 2.33. The summed E-state index contributed by atoms with van der Waals surface area (Å²) in [5, 5.41) is 12.7. The molecule has 1 unspecified atom stereocenters. The quantitative estimate of drug-likeness (QED) is 0.629. The first-order chi connectivity index (χ1) is 9.26. The monoisotopic (exact) mass is 259 g/mol. The summed E-state index contributed by atoms with van der Waals surface area (Å²) in [6.07, 6.45) is 0.427. The van der Waals surface area contributed by atoms with Gasteiger partial charge >= 0.3 is 0 Å². The minimum Gasteiger partial charge on any atom is -0.394 e. The van der Waals surface area contributed by atoms with Crippen LogP contribution in [0.2, 0.25) is 0 Å². The Morgan fingerprint density at radius 3 is 2.95 bits per heavy atom. The summed E-state index contributed by atoms with van der Waals surface area (Å²) in [5.41, 5.74) is 7.46. The van der Waals surface area contributed by atoms with E-state index in [0.717, 1.165) is 16.9 Å². The number of nitrogens with zero attached hydrogens (tertiary/aromatic N) is 3. The fourth-order valence-corrected chi connectivity index (χ4v) is 1.81. The van der Waals surface area contributed by atoms with E-state index in [1.165, 1.54) is 0 Å². The van der Waals surface area contributed by atoms with Gasteiger partial charge in [0.2, 0.25) is 5.89 Å². The third-order valence-corrected chi connectivity index (χ3v) is 2.76. The second-order valence-corrected chi connectivity index (χ2v) is 4.22. The number of nitrogens with one attached hydrogen (secondary N) is 1. The van der Waals surface area contributed by atoms with E-state index in [1.807, 2.05) is 24.3 Å². The number of rotatable bonds is 4. The molecular formula is C12H13N5O2. The van der Waals surface area contributed by atoms with Crippen LogP contribution in [0.1, 0.15) is 23.6 Å². The number of benzene rings is 1. The standard InChI is InChI=1S/C12H13N5O2/c13-7(6-18)12-16-11(17-19-12)5-10-14-8-3-1-2-4-9(8)15-10/h1-4,7,18H,5-6,13H2,(H,14,15). The zero-order chi connectivity index (χ0) is 13.2. The number of aliphatic hydroxyl groups is 1. The molecule has 0 fully saturated rings. The van der Waals surface area contributed by atoms with Gasteiger partial charge < -0.3 is 20.3 Å². The molecule has 0 spiro atoms. The maximum atomic E-state index is 8.91. The number of aliphatic hydroxyl groups excluding tert-OH is 1. The summed E-state index contributed by atoms with van der Waals surface area (Å²) in [5.74, 6) is 1.47. The van der Waals surface area contributed by atoms with Gasteiger partial charge in [0.15, 0.2) is 5.82 Å². The van der Waals surface area contributed by atoms with Crippen molar-refractivity contribution in [2.24, 2.45) is 5.73 Å². The Hall–Kier alpha value is -2.25. The lowest BCUT2D eigenvalue weighted by atomic mass is 10.3. The molecule has 3 rings (SSSR count). The van der Waals surface area contributed by atoms with Gasteiger partial charge in [0.05, 0.1) is 24.1 Å². The third-order valence-electron chi connectivity index (χ3n) is 2.76. The normalized spacial score (nSPS) is 12.9. The van der Waals surface area contributed by atoms with Gasteiger partial charge in [-0.25, -0.2) is 4.98 Å². The van der Waals surface area contributed by atoms with E-state index in [4.69, 9.17) is 15.4 Å². The van der Waals surface area contributed by atoms with Crippen molar-refractivity contribution >= 4 is 11.0 Å². The SMILES string of the molecule is NC(CO)c1nc(Cc2nc3ccccc3[nH]2)no1. The molecule has 7 heteroatoms. The Morgan fingerprint density at radius 1 is 1.32 bits per heavy atom. The highest BCUT2D eigenvalue weighted by atomic mass is 16.5. The molecule has 0 aliphatic carbocycles. The number of fused-ring (bicyclic) bond motifs is 1. The number of aromatic nitrogens is 4. The van der Waals surface area contributed by atoms with E-state index in [-0.39, 0.29) is 12.5 Å². The lowest BCUT2D eigenvalue weighted by Gasteiger charge is -1.98. The molecule has 1 aromatic carbocycles. The smallest absolute Gasteiger partial charge is 0.245 e. The Labute approximate surface area is 108 Å². The fourth-order valence-electron chi connectivity index (χ4n) is 1.81. The minimum atomic E-state index is -0.642. The van der Waals surface area contributed by atoms with Crippen LogP contribution < -0.4 is 5.73 Å². The van der Waals surface area contributed by atoms with Crippen LogP contribution in [0.5, 0.6) is 0 Å². The van der Waals surface area contributed by atoms with E-state index in [9.17, 15) is 0 Å². The van der Waals surface area contributed by atoms with Gasteiger partial charge in [-0.1, -0.05) is 17.3 Å². The predicted octanol–water partition coefficient (Wildman–Crippen LogP) is 0.529. The first kappa shape index (κ1) is 11.8. The van der Waals surface area contributed by atoms with Gasteiger partial charge in [0.25, 0.3) is 0 Å². The van der Waals surface area contributed by atoms with E-state index in [1.54, 1.807) is 0 Å². The van der Waals surface area contributed by atoms with E-state index in [0.29, 0.717) is 12.2 Å². The molecule has 19 heavy (non-hydrogen) atoms. The average molecular weight is 259 g/mol. The lowest BCUT2D eigenvalue weighted by molar-refractivity contribution is 0.236. The van der Waals surface area contributed by atoms with Crippen LogP contribution in [0.15, 0.2) is 28.8 Å². The van der Waals surface area contributed by atoms with Gasteiger partial charge in [-0.15, -0.1) is 0 Å². The molecule has 7 nitrogen and oxygen atoms in total. The highest BCUT2D eigenvalue weighted by Crippen LogP contribution is 2.13. The molecule has 1 atom stereocenters. The van der Waals surface area contributed by atoms with Crippen molar-refractivity contribution in [1.29, 1.82) is 0 Å². The van der Waals surface area contributed by atoms with Crippen LogP contribution in [-0.4, -0.2) is 31.8 Å². The maximum Gasteiger partial charge on any atom is 0.245 e. The second kappa shape index (κ2) is 4.79. The molecule has 0 saturated carbocycles. The molecule has 2 aromatic heterocycles. The summed E-state index contributed by atoms with van der Waals surface area (Å²) in [4.78, 5) is 11.7. The molecule has 98 valence electrons. The minimum absolute atomic E-state index is 0.230. The summed E-state index contributed by atoms with van der Waals surface area (Å²) in [6.45, 7) is -0.230. The second-order valence-electron chi connectivity index (χ2n) is 4.22. The molecule has 0 aliphatic heterocycles. The Morgan fingerprint density at radius 2 is 2.16 bits per heavy atom. The topological polar surface area (TPSA) is 114 Å². The number of para-hydroxylation sites is 2. The maximum absolute atomic E-state index is 8.91. The molecule has 0 bridgehead atoms. The molecule has 0 aliphatic rings. The molecule has 0 amide bonds. The Bertz CT molecular complexity index is 657. The molecular weight excluding hydrogens is 246 g/mol. The summed E-state index contributed by atoms with van der Waals surface area (Å²) in [6, 6.07) is 7.11. The zero-order valence-corrected chi connectivity index (χ0v) is 10.1. The van der Waals surface area contributed by atoms with Crippen molar-refractivity contribution in [3.05, 3.63) is 41.8 Å². The predicted molar refractivity (Wildman–Crippen MR) is 67.2 cm³/mol. The lowest BCUT2D eigenvalue weighted by Crippen LogP contribution is -2.14. The molecule has 2 heterocycles. The van der Waals surface area contributed by atoms with Crippen molar-refractivity contribution in [3.63, 3.8) is 0 Å². The van der Waals surface area contributed by atoms with Crippen LogP contribution >= 0.6 is 0 Å². The van der Waals surface area contributed by atoms with Crippen molar-refractivity contribution in [3.8, 4) is 0 Å². The molecule has 0 radical (unpaired) electrons. The average Bonchev–Trinajstić information content (AvgIpc) is 3.04. The summed E-state index contributed by atoms with van der Waals surface area (Å²) in [7, 11) is 0. The van der Waals surface area contributed by atoms with Gasteiger partial charge in [0.1, 0.15) is 11.9 Å². The number of nitrogens with two attached hydrogens (primary N) is 1. The first-order valence-electron chi connectivity index (χ1n) is 5.89. The van der Waals surface area contributed by atoms with Crippen molar-refractivity contribution < 1.29 is 9.63 Å². The highest BCUT2D eigenvalue weighted by molar-refractivity contribution is 5.74. The number of imidazole rings is 1. The van der Waals surface area contributed by atoms with Crippen molar-refractivity contribution in [1.82, 2.24) is 20.1 Å². The summed E-state index contributed by atoms with van der Waals surface area (Å²) < 4.78 is 4.98. The van der Waals surface area contributed by atoms with Gasteiger partial charge in [-0.05, 0) is 12.1 Å². The van der Waals surface area contributed by atoms with E-state index < -0.39 is 6.04 Å². The van der Waals surface area contributed by atoms with Crippen LogP contribution in [-0.2, 0) is 6.42 Å². The van der Waals surface area contributed by atoms with Crippen LogP contribution in [0.3, 0.4) is 0 Å². The zero-order valence-electron chi connectivity index (χ0n) is 10.1. The first-order valence-corrected chi connectivity index (χ1v) is 5.89. The Balaban J connectivity index is 1.82. The van der Waals surface area contributed by atoms with Crippen molar-refractivity contribution in [2.75, 3.05) is 6.61 Å². The molecule has 4 N–H and O–H groups in total. The number of hydrogen-bond donors (Lipinski definition) is 3. The highest BCUT2D eigenvalue weighted by Gasteiger charge is 2.14. The van der Waals surface area contributed by atoms with E-state index >= 15 is 0 Å². The largest absolute Gasteiger partial charge is 0.394 e. The van der Waals surface area contributed by atoms with Crippen LogP contribution in [0.4, 0.5) is 0 Å². The van der Waals surface area contributed by atoms with Gasteiger partial charge in [-0.2, -0.15) is 4.98 Å². The van der Waals surface area contributed by atoms with Gasteiger partial charge in [0, 0.05) is 0 Å². The molecule has 0 saturated heterocycles. The fraction of sp³-hybridized carbons (Fsp3) is 0.250. The van der Waals surface area contributed by atoms with Crippen LogP contribution in [0, 0.1) is 0 Å². The number of hydrogen-bond acceptors (Lipinski definition) is 6. The van der Waals surface area contributed by atoms with Crippen molar-refractivity contribution in [2.45, 2.75) is 12.5 Å². The molecule has 3 aromatic rings. The number of aromatic amines is 1. The number of H-pyrrole nitrogens is 1. The van der Waals surface area contributed by atoms with E-state index in [2.05, 4.69) is 20.1 Å². The summed E-state index contributed by atoms with van der Waals surface area (Å²) >= 11 is 0.